The monoisotopic (exact) mass is 264 g/mol. The molecule has 0 aliphatic heterocycles. The highest BCUT2D eigenvalue weighted by Crippen LogP contribution is 2.09. The van der Waals surface area contributed by atoms with E-state index in [9.17, 15) is 9.59 Å². The van der Waals surface area contributed by atoms with Crippen molar-refractivity contribution >= 4 is 23.8 Å². The fraction of sp³-hybridized carbons (Fsp3) is 0.385. The first-order valence-corrected chi connectivity index (χ1v) is 5.96. The normalized spacial score (nSPS) is 10.7. The van der Waals surface area contributed by atoms with E-state index in [0.29, 0.717) is 5.69 Å². The smallest absolute Gasteiger partial charge is 0.325 e. The number of rotatable bonds is 6. The summed E-state index contributed by atoms with van der Waals surface area (Å²) in [5.41, 5.74) is 0.543. The van der Waals surface area contributed by atoms with Crippen molar-refractivity contribution in [3.8, 4) is 0 Å². The summed E-state index contributed by atoms with van der Waals surface area (Å²) in [4.78, 5) is 31.2. The second kappa shape index (κ2) is 7.97. The van der Waals surface area contributed by atoms with E-state index >= 15 is 0 Å². The van der Waals surface area contributed by atoms with Gasteiger partial charge in [0.25, 0.3) is 0 Å². The zero-order chi connectivity index (χ0) is 14.1. The van der Waals surface area contributed by atoms with Gasteiger partial charge in [-0.2, -0.15) is 0 Å². The van der Waals surface area contributed by atoms with Crippen molar-refractivity contribution in [2.75, 3.05) is 13.2 Å². The van der Waals surface area contributed by atoms with Crippen molar-refractivity contribution in [3.05, 3.63) is 24.5 Å². The molecule has 19 heavy (non-hydrogen) atoms. The van der Waals surface area contributed by atoms with Gasteiger partial charge in [-0.25, -0.2) is 0 Å². The van der Waals surface area contributed by atoms with Crippen LogP contribution in [0.3, 0.4) is 0 Å². The number of pyridine rings is 1. The summed E-state index contributed by atoms with van der Waals surface area (Å²) < 4.78 is 9.63. The third-order valence-corrected chi connectivity index (χ3v) is 2.10. The van der Waals surface area contributed by atoms with Crippen molar-refractivity contribution in [2.45, 2.75) is 13.8 Å². The number of nitrogens with zero attached hydrogens (tertiary/aromatic N) is 2. The highest BCUT2D eigenvalue weighted by atomic mass is 16.6. The molecule has 0 unspecified atom stereocenters. The molecule has 1 heterocycles. The molecule has 0 bridgehead atoms. The third-order valence-electron chi connectivity index (χ3n) is 2.10. The summed E-state index contributed by atoms with van der Waals surface area (Å²) in [6, 6.07) is 3.41. The van der Waals surface area contributed by atoms with Gasteiger partial charge in [0.15, 0.2) is 5.92 Å². The molecule has 102 valence electrons. The predicted octanol–water partition coefficient (Wildman–Crippen LogP) is 1.53. The molecule has 0 radical (unpaired) electrons. The maximum atomic E-state index is 11.7. The van der Waals surface area contributed by atoms with Crippen molar-refractivity contribution in [1.29, 1.82) is 0 Å². The van der Waals surface area contributed by atoms with E-state index in [4.69, 9.17) is 9.47 Å². The average Bonchev–Trinajstić information content (AvgIpc) is 2.41. The van der Waals surface area contributed by atoms with E-state index in [1.54, 1.807) is 32.2 Å². The molecule has 0 aliphatic carbocycles. The minimum Gasteiger partial charge on any atom is -0.465 e. The Bertz CT molecular complexity index is 427. The number of hydrogen-bond donors (Lipinski definition) is 0. The van der Waals surface area contributed by atoms with Gasteiger partial charge < -0.3 is 9.47 Å². The van der Waals surface area contributed by atoms with Crippen LogP contribution in [0.1, 0.15) is 13.8 Å². The van der Waals surface area contributed by atoms with Crippen LogP contribution in [-0.4, -0.2) is 36.4 Å². The highest BCUT2D eigenvalue weighted by molar-refractivity contribution is 6.09. The minimum absolute atomic E-state index is 0.190. The van der Waals surface area contributed by atoms with Crippen LogP contribution >= 0.6 is 0 Å². The van der Waals surface area contributed by atoms with Gasteiger partial charge in [-0.3, -0.25) is 19.6 Å². The maximum Gasteiger partial charge on any atom is 0.325 e. The fourth-order valence-corrected chi connectivity index (χ4v) is 1.27. The SMILES string of the molecule is CCOC(=O)C(/C=N/c1cccnc1)C(=O)OCC. The summed E-state index contributed by atoms with van der Waals surface area (Å²) in [6.07, 6.45) is 4.34. The molecule has 6 nitrogen and oxygen atoms in total. The van der Waals surface area contributed by atoms with Gasteiger partial charge in [-0.05, 0) is 26.0 Å². The lowest BCUT2D eigenvalue weighted by molar-refractivity contribution is -0.157. The van der Waals surface area contributed by atoms with E-state index in [2.05, 4.69) is 9.98 Å². The van der Waals surface area contributed by atoms with Crippen LogP contribution < -0.4 is 0 Å². The van der Waals surface area contributed by atoms with Gasteiger partial charge in [0.05, 0.1) is 25.1 Å². The van der Waals surface area contributed by atoms with Crippen LogP contribution in [0.5, 0.6) is 0 Å². The molecule has 0 atom stereocenters. The molecule has 0 spiro atoms. The zero-order valence-electron chi connectivity index (χ0n) is 10.9. The van der Waals surface area contributed by atoms with Gasteiger partial charge in [0.1, 0.15) is 0 Å². The predicted molar refractivity (Wildman–Crippen MR) is 69.1 cm³/mol. The molecule has 0 amide bonds. The molecule has 0 saturated carbocycles. The number of esters is 2. The molecular weight excluding hydrogens is 248 g/mol. The fourth-order valence-electron chi connectivity index (χ4n) is 1.27. The second-order valence-electron chi connectivity index (χ2n) is 3.47. The molecular formula is C13H16N2O4. The molecule has 1 aromatic heterocycles. The van der Waals surface area contributed by atoms with Crippen molar-refractivity contribution in [2.24, 2.45) is 10.9 Å². The molecule has 0 aromatic carbocycles. The highest BCUT2D eigenvalue weighted by Gasteiger charge is 2.27. The van der Waals surface area contributed by atoms with Crippen molar-refractivity contribution < 1.29 is 19.1 Å². The van der Waals surface area contributed by atoms with E-state index in [1.807, 2.05) is 0 Å². The first kappa shape index (κ1) is 14.8. The Morgan fingerprint density at radius 2 is 1.95 bits per heavy atom. The summed E-state index contributed by atoms with van der Waals surface area (Å²) in [5, 5.41) is 0. The zero-order valence-corrected chi connectivity index (χ0v) is 10.9. The topological polar surface area (TPSA) is 77.9 Å². The average molecular weight is 264 g/mol. The van der Waals surface area contributed by atoms with Gasteiger partial charge >= 0.3 is 11.9 Å². The van der Waals surface area contributed by atoms with Crippen LogP contribution in [0.25, 0.3) is 0 Å². The first-order valence-electron chi connectivity index (χ1n) is 5.96. The van der Waals surface area contributed by atoms with Gasteiger partial charge in [0, 0.05) is 12.4 Å². The molecule has 0 saturated heterocycles. The van der Waals surface area contributed by atoms with Crippen molar-refractivity contribution in [3.63, 3.8) is 0 Å². The summed E-state index contributed by atoms with van der Waals surface area (Å²) in [5.74, 6) is -2.50. The third kappa shape index (κ3) is 4.87. The summed E-state index contributed by atoms with van der Waals surface area (Å²) in [6.45, 7) is 3.71. The van der Waals surface area contributed by atoms with Crippen LogP contribution in [0.4, 0.5) is 5.69 Å². The molecule has 6 heteroatoms. The Labute approximate surface area is 111 Å². The standard InChI is InChI=1S/C13H16N2O4/c1-3-18-12(16)11(13(17)19-4-2)9-15-10-6-5-7-14-8-10/h5-9,11H,3-4H2,1-2H3/b15-9+. The first-order chi connectivity index (χ1) is 9.19. The molecule has 1 rings (SSSR count). The number of ether oxygens (including phenoxy) is 2. The quantitative estimate of drug-likeness (QED) is 0.442. The maximum absolute atomic E-state index is 11.7. The molecule has 1 aromatic rings. The number of carbonyl (C=O) groups is 2. The lowest BCUT2D eigenvalue weighted by Gasteiger charge is -2.09. The largest absolute Gasteiger partial charge is 0.465 e. The van der Waals surface area contributed by atoms with Gasteiger partial charge in [-0.1, -0.05) is 0 Å². The lowest BCUT2D eigenvalue weighted by Crippen LogP contribution is -2.29. The molecule has 0 aliphatic rings. The second-order valence-corrected chi connectivity index (χ2v) is 3.47. The van der Waals surface area contributed by atoms with Crippen LogP contribution in [0.2, 0.25) is 0 Å². The summed E-state index contributed by atoms with van der Waals surface area (Å²) >= 11 is 0. The van der Waals surface area contributed by atoms with E-state index in [1.165, 1.54) is 12.4 Å². The van der Waals surface area contributed by atoms with Crippen LogP contribution in [0, 0.1) is 5.92 Å². The van der Waals surface area contributed by atoms with E-state index < -0.39 is 17.9 Å². The number of aliphatic imine (C=N–C) groups is 1. The van der Waals surface area contributed by atoms with Crippen LogP contribution in [0.15, 0.2) is 29.5 Å². The lowest BCUT2D eigenvalue weighted by atomic mass is 10.2. The Hall–Kier alpha value is -2.24. The number of hydrogen-bond acceptors (Lipinski definition) is 6. The van der Waals surface area contributed by atoms with E-state index in [-0.39, 0.29) is 13.2 Å². The Balaban J connectivity index is 2.82. The molecule has 0 N–H and O–H groups in total. The van der Waals surface area contributed by atoms with Gasteiger partial charge in [-0.15, -0.1) is 0 Å². The minimum atomic E-state index is -1.15. The number of carbonyl (C=O) groups excluding carboxylic acids is 2. The van der Waals surface area contributed by atoms with Gasteiger partial charge in [0.2, 0.25) is 0 Å². The number of aromatic nitrogens is 1. The Kier molecular flexibility index (Phi) is 6.21. The molecule has 0 fully saturated rings. The Morgan fingerprint density at radius 1 is 1.32 bits per heavy atom. The van der Waals surface area contributed by atoms with Crippen LogP contribution in [-0.2, 0) is 19.1 Å². The van der Waals surface area contributed by atoms with E-state index in [0.717, 1.165) is 0 Å². The summed E-state index contributed by atoms with van der Waals surface area (Å²) in [7, 11) is 0. The van der Waals surface area contributed by atoms with Crippen molar-refractivity contribution in [1.82, 2.24) is 4.98 Å². The Morgan fingerprint density at radius 3 is 2.42 bits per heavy atom.